The molecule has 0 atom stereocenters. The molecule has 0 unspecified atom stereocenters. The smallest absolute Gasteiger partial charge is 0.418 e. The van der Waals surface area contributed by atoms with Crippen LogP contribution in [0.5, 0.6) is 11.5 Å². The number of hydrogen-bond acceptors (Lipinski definition) is 5. The van der Waals surface area contributed by atoms with Crippen molar-refractivity contribution >= 4 is 12.4 Å². The van der Waals surface area contributed by atoms with Crippen LogP contribution >= 0.6 is 0 Å². The van der Waals surface area contributed by atoms with Crippen molar-refractivity contribution in [1.29, 1.82) is 0 Å². The summed E-state index contributed by atoms with van der Waals surface area (Å²) in [5, 5.41) is 0. The summed E-state index contributed by atoms with van der Waals surface area (Å²) in [6.45, 7) is 12.2. The van der Waals surface area contributed by atoms with Gasteiger partial charge in [0.1, 0.15) is 5.60 Å². The zero-order chi connectivity index (χ0) is 22.0. The Balaban J connectivity index is 0.00000132. The quantitative estimate of drug-likeness (QED) is 0.556. The summed E-state index contributed by atoms with van der Waals surface area (Å²) >= 11 is 0. The minimum atomic E-state index is -0.623. The molecule has 0 saturated heterocycles. The van der Waals surface area contributed by atoms with E-state index in [1.54, 1.807) is 51.2 Å². The minimum absolute atomic E-state index is 0.403. The Morgan fingerprint density at radius 3 is 2.31 bits per heavy atom. The van der Waals surface area contributed by atoms with Gasteiger partial charge in [0.15, 0.2) is 17.8 Å². The van der Waals surface area contributed by atoms with Gasteiger partial charge in [-0.1, -0.05) is 27.2 Å². The first kappa shape index (κ1) is 24.3. The SMILES string of the molecule is CCC.CCCOc1cc(C=O)c(-c2cccn2C(=O)OC(C)(C)C)cc1OC. The van der Waals surface area contributed by atoms with Crippen molar-refractivity contribution in [2.75, 3.05) is 13.7 Å². The van der Waals surface area contributed by atoms with Gasteiger partial charge in [0, 0.05) is 17.3 Å². The van der Waals surface area contributed by atoms with Crippen LogP contribution in [0.3, 0.4) is 0 Å². The number of carbonyl (C=O) groups is 2. The normalized spacial score (nSPS) is 10.6. The molecule has 0 aliphatic rings. The van der Waals surface area contributed by atoms with E-state index in [1.807, 2.05) is 6.92 Å². The molecule has 0 amide bonds. The van der Waals surface area contributed by atoms with E-state index in [0.29, 0.717) is 34.9 Å². The van der Waals surface area contributed by atoms with Crippen molar-refractivity contribution in [3.63, 3.8) is 0 Å². The van der Waals surface area contributed by atoms with Crippen LogP contribution in [0, 0.1) is 0 Å². The zero-order valence-corrected chi connectivity index (χ0v) is 18.6. The van der Waals surface area contributed by atoms with Crippen LogP contribution < -0.4 is 9.47 Å². The highest BCUT2D eigenvalue weighted by Crippen LogP contribution is 2.36. The third kappa shape index (κ3) is 6.97. The van der Waals surface area contributed by atoms with Gasteiger partial charge in [-0.2, -0.15) is 0 Å². The molecule has 0 spiro atoms. The van der Waals surface area contributed by atoms with Crippen molar-refractivity contribution < 1.29 is 23.8 Å². The van der Waals surface area contributed by atoms with E-state index in [-0.39, 0.29) is 0 Å². The zero-order valence-electron chi connectivity index (χ0n) is 18.6. The summed E-state index contributed by atoms with van der Waals surface area (Å²) in [6, 6.07) is 6.80. The number of rotatable bonds is 6. The van der Waals surface area contributed by atoms with Gasteiger partial charge in [0.05, 0.1) is 19.4 Å². The van der Waals surface area contributed by atoms with Gasteiger partial charge in [0.25, 0.3) is 0 Å². The van der Waals surface area contributed by atoms with E-state index in [9.17, 15) is 9.59 Å². The van der Waals surface area contributed by atoms with Crippen molar-refractivity contribution in [2.24, 2.45) is 0 Å². The molecule has 1 aromatic heterocycles. The molecule has 0 saturated carbocycles. The Bertz CT molecular complexity index is 802. The standard InChI is InChI=1S/C20H25NO5.C3H8/c1-6-10-25-18-11-14(13-22)15(12-17(18)24-5)16-8-7-9-21(16)19(23)26-20(2,3)4;1-3-2/h7-9,11-13H,6,10H2,1-5H3;3H2,1-2H3. The topological polar surface area (TPSA) is 66.8 Å². The first-order chi connectivity index (χ1) is 13.7. The lowest BCUT2D eigenvalue weighted by atomic mass is 10.0. The number of aldehydes is 1. The molecule has 1 heterocycles. The molecule has 0 radical (unpaired) electrons. The Hall–Kier alpha value is -2.76. The lowest BCUT2D eigenvalue weighted by Gasteiger charge is -2.21. The molecule has 0 N–H and O–H groups in total. The van der Waals surface area contributed by atoms with Crippen LogP contribution in [0.25, 0.3) is 11.3 Å². The molecule has 0 aliphatic carbocycles. The minimum Gasteiger partial charge on any atom is -0.493 e. The summed E-state index contributed by atoms with van der Waals surface area (Å²) in [7, 11) is 1.53. The number of ether oxygens (including phenoxy) is 3. The van der Waals surface area contributed by atoms with Crippen molar-refractivity contribution in [3.05, 3.63) is 36.0 Å². The van der Waals surface area contributed by atoms with Gasteiger partial charge >= 0.3 is 6.09 Å². The monoisotopic (exact) mass is 403 g/mol. The maximum absolute atomic E-state index is 12.5. The van der Waals surface area contributed by atoms with Gasteiger partial charge < -0.3 is 14.2 Å². The van der Waals surface area contributed by atoms with E-state index in [1.165, 1.54) is 18.1 Å². The Morgan fingerprint density at radius 1 is 1.14 bits per heavy atom. The molecule has 0 bridgehead atoms. The second kappa shape index (κ2) is 11.3. The number of nitrogens with zero attached hydrogens (tertiary/aromatic N) is 1. The highest BCUT2D eigenvalue weighted by molar-refractivity contribution is 5.91. The fourth-order valence-corrected chi connectivity index (χ4v) is 2.45. The number of hydrogen-bond donors (Lipinski definition) is 0. The van der Waals surface area contributed by atoms with Crippen LogP contribution in [0.1, 0.15) is 64.7 Å². The summed E-state index contributed by atoms with van der Waals surface area (Å²) in [5.74, 6) is 0.992. The van der Waals surface area contributed by atoms with E-state index < -0.39 is 11.7 Å². The molecular formula is C23H33NO5. The molecule has 6 heteroatoms. The van der Waals surface area contributed by atoms with Crippen LogP contribution in [-0.2, 0) is 4.74 Å². The Labute approximate surface area is 173 Å². The highest BCUT2D eigenvalue weighted by Gasteiger charge is 2.22. The van der Waals surface area contributed by atoms with Crippen LogP contribution in [0.2, 0.25) is 0 Å². The molecule has 29 heavy (non-hydrogen) atoms. The van der Waals surface area contributed by atoms with Crippen LogP contribution in [0.15, 0.2) is 30.5 Å². The predicted molar refractivity (Wildman–Crippen MR) is 115 cm³/mol. The van der Waals surface area contributed by atoms with E-state index in [0.717, 1.165) is 12.7 Å². The summed E-state index contributed by atoms with van der Waals surface area (Å²) < 4.78 is 17.9. The van der Waals surface area contributed by atoms with Crippen molar-refractivity contribution in [2.45, 2.75) is 60.0 Å². The lowest BCUT2D eigenvalue weighted by Crippen LogP contribution is -2.27. The summed E-state index contributed by atoms with van der Waals surface area (Å²) in [5.41, 5.74) is 0.889. The van der Waals surface area contributed by atoms with Gasteiger partial charge in [-0.3, -0.25) is 9.36 Å². The second-order valence-corrected chi connectivity index (χ2v) is 7.51. The molecule has 0 aliphatic heterocycles. The average molecular weight is 404 g/mol. The second-order valence-electron chi connectivity index (χ2n) is 7.51. The van der Waals surface area contributed by atoms with Gasteiger partial charge in [0.2, 0.25) is 0 Å². The number of methoxy groups -OCH3 is 1. The first-order valence-electron chi connectivity index (χ1n) is 9.93. The van der Waals surface area contributed by atoms with Crippen LogP contribution in [0.4, 0.5) is 4.79 Å². The summed E-state index contributed by atoms with van der Waals surface area (Å²) in [6.07, 6.45) is 3.91. The molecule has 2 rings (SSSR count). The van der Waals surface area contributed by atoms with Crippen molar-refractivity contribution in [3.8, 4) is 22.8 Å². The molecule has 6 nitrogen and oxygen atoms in total. The van der Waals surface area contributed by atoms with E-state index >= 15 is 0 Å². The lowest BCUT2D eigenvalue weighted by molar-refractivity contribution is 0.0540. The predicted octanol–water partition coefficient (Wildman–Crippen LogP) is 5.96. The Morgan fingerprint density at radius 2 is 1.79 bits per heavy atom. The maximum atomic E-state index is 12.5. The van der Waals surface area contributed by atoms with Crippen LogP contribution in [-0.4, -0.2) is 36.3 Å². The van der Waals surface area contributed by atoms with Crippen molar-refractivity contribution in [1.82, 2.24) is 4.57 Å². The Kier molecular flexibility index (Phi) is 9.45. The molecule has 160 valence electrons. The molecule has 0 fully saturated rings. The van der Waals surface area contributed by atoms with Gasteiger partial charge in [-0.05, 0) is 51.5 Å². The third-order valence-corrected chi connectivity index (χ3v) is 3.54. The molecule has 2 aromatic rings. The third-order valence-electron chi connectivity index (χ3n) is 3.54. The average Bonchev–Trinajstić information content (AvgIpc) is 3.14. The maximum Gasteiger partial charge on any atom is 0.418 e. The first-order valence-corrected chi connectivity index (χ1v) is 9.93. The van der Waals surface area contributed by atoms with Gasteiger partial charge in [-0.15, -0.1) is 0 Å². The molecular weight excluding hydrogens is 370 g/mol. The highest BCUT2D eigenvalue weighted by atomic mass is 16.6. The largest absolute Gasteiger partial charge is 0.493 e. The molecule has 1 aromatic carbocycles. The number of benzene rings is 1. The van der Waals surface area contributed by atoms with Gasteiger partial charge in [-0.25, -0.2) is 4.79 Å². The summed E-state index contributed by atoms with van der Waals surface area (Å²) in [4.78, 5) is 24.1. The van der Waals surface area contributed by atoms with E-state index in [4.69, 9.17) is 14.2 Å². The number of aromatic nitrogens is 1. The fourth-order valence-electron chi connectivity index (χ4n) is 2.45. The fraction of sp³-hybridized carbons (Fsp3) is 0.478. The number of carbonyl (C=O) groups excluding carboxylic acids is 2. The van der Waals surface area contributed by atoms with E-state index in [2.05, 4.69) is 13.8 Å².